The maximum absolute atomic E-state index is 5.92. The van der Waals surface area contributed by atoms with Gasteiger partial charge < -0.3 is 5.32 Å². The highest BCUT2D eigenvalue weighted by Crippen LogP contribution is 2.31. The Kier molecular flexibility index (Phi) is 6.04. The van der Waals surface area contributed by atoms with Gasteiger partial charge in [-0.1, -0.05) is 56.3 Å². The van der Waals surface area contributed by atoms with Gasteiger partial charge in [-0.05, 0) is 43.4 Å². The van der Waals surface area contributed by atoms with Crippen molar-refractivity contribution < 1.29 is 0 Å². The first kappa shape index (κ1) is 18.6. The molecule has 2 rings (SSSR count). The molecular weight excluding hydrogens is 326 g/mol. The highest BCUT2D eigenvalue weighted by molar-refractivity contribution is 8.13. The maximum atomic E-state index is 5.92. The Morgan fingerprint density at radius 2 is 1.83 bits per heavy atom. The van der Waals surface area contributed by atoms with Gasteiger partial charge in [0.25, 0.3) is 0 Å². The summed E-state index contributed by atoms with van der Waals surface area (Å²) < 4.78 is 0. The van der Waals surface area contributed by atoms with E-state index in [0.717, 1.165) is 35.7 Å². The van der Waals surface area contributed by atoms with Crippen molar-refractivity contribution in [3.05, 3.63) is 34.9 Å². The Hall–Kier alpha value is -0.710. The van der Waals surface area contributed by atoms with E-state index in [1.54, 1.807) is 11.8 Å². The lowest BCUT2D eigenvalue weighted by molar-refractivity contribution is 0.0730. The zero-order chi connectivity index (χ0) is 17.1. The van der Waals surface area contributed by atoms with Crippen LogP contribution in [0.15, 0.2) is 29.3 Å². The van der Waals surface area contributed by atoms with Crippen molar-refractivity contribution in [3.8, 4) is 0 Å². The summed E-state index contributed by atoms with van der Waals surface area (Å²) in [5.41, 5.74) is 1.72. The highest BCUT2D eigenvalue weighted by Gasteiger charge is 2.32. The van der Waals surface area contributed by atoms with Gasteiger partial charge in [-0.15, -0.1) is 0 Å². The van der Waals surface area contributed by atoms with Crippen molar-refractivity contribution in [2.45, 2.75) is 52.3 Å². The molecule has 0 aromatic heterocycles. The van der Waals surface area contributed by atoms with Gasteiger partial charge >= 0.3 is 0 Å². The van der Waals surface area contributed by atoms with Gasteiger partial charge in [0, 0.05) is 16.3 Å². The minimum absolute atomic E-state index is 0.140. The van der Waals surface area contributed by atoms with Gasteiger partial charge in [0.15, 0.2) is 5.17 Å². The Morgan fingerprint density at radius 3 is 2.35 bits per heavy atom. The Labute approximate surface area is 149 Å². The van der Waals surface area contributed by atoms with E-state index in [4.69, 9.17) is 16.6 Å². The lowest BCUT2D eigenvalue weighted by Gasteiger charge is -2.43. The number of thioether (sulfide) groups is 1. The summed E-state index contributed by atoms with van der Waals surface area (Å²) in [5.74, 6) is 0.911. The second kappa shape index (κ2) is 7.45. The van der Waals surface area contributed by atoms with E-state index in [-0.39, 0.29) is 5.54 Å². The molecule has 128 valence electrons. The second-order valence-electron chi connectivity index (χ2n) is 7.94. The predicted octanol–water partition coefficient (Wildman–Crippen LogP) is 4.96. The molecule has 1 N–H and O–H groups in total. The molecular formula is C18H28ClN3S. The second-order valence-corrected chi connectivity index (χ2v) is 9.34. The predicted molar refractivity (Wildman–Crippen MR) is 103 cm³/mol. The molecule has 1 aromatic carbocycles. The van der Waals surface area contributed by atoms with Crippen LogP contribution >= 0.6 is 23.4 Å². The number of hydrogen-bond acceptors (Lipinski definition) is 4. The molecule has 1 heterocycles. The van der Waals surface area contributed by atoms with Crippen molar-refractivity contribution in [2.75, 3.05) is 13.3 Å². The van der Waals surface area contributed by atoms with E-state index in [1.165, 1.54) is 5.56 Å². The molecule has 23 heavy (non-hydrogen) atoms. The van der Waals surface area contributed by atoms with Crippen LogP contribution in [-0.4, -0.2) is 28.9 Å². The maximum Gasteiger partial charge on any atom is 0.159 e. The van der Waals surface area contributed by atoms with Gasteiger partial charge in [-0.25, -0.2) is 4.99 Å². The van der Waals surface area contributed by atoms with Gasteiger partial charge in [0.2, 0.25) is 0 Å². The Balaban J connectivity index is 1.87. The molecule has 0 fully saturated rings. The smallest absolute Gasteiger partial charge is 0.159 e. The summed E-state index contributed by atoms with van der Waals surface area (Å²) in [5, 5.41) is 5.27. The van der Waals surface area contributed by atoms with Gasteiger partial charge in [0.05, 0.1) is 13.3 Å². The largest absolute Gasteiger partial charge is 0.352 e. The van der Waals surface area contributed by atoms with Crippen LogP contribution in [0.1, 0.15) is 46.6 Å². The number of halogens is 1. The van der Waals surface area contributed by atoms with E-state index >= 15 is 0 Å². The number of aliphatic imine (C=N–C) groups is 1. The molecule has 0 spiro atoms. The minimum atomic E-state index is 0.140. The fourth-order valence-corrected chi connectivity index (χ4v) is 4.00. The van der Waals surface area contributed by atoms with E-state index in [9.17, 15) is 0 Å². The number of nitrogens with one attached hydrogen (secondary N) is 1. The first-order chi connectivity index (χ1) is 10.7. The van der Waals surface area contributed by atoms with Crippen LogP contribution in [0.2, 0.25) is 5.02 Å². The van der Waals surface area contributed by atoms with E-state index in [2.05, 4.69) is 57.0 Å². The molecule has 0 radical (unpaired) electrons. The average molecular weight is 354 g/mol. The SMILES string of the molecule is CC(C)(C)CC(C)(C)N1CN=C(SCc2ccc(Cl)cc2)NC1. The lowest BCUT2D eigenvalue weighted by atomic mass is 9.81. The average Bonchev–Trinajstić information content (AvgIpc) is 2.45. The van der Waals surface area contributed by atoms with Crippen LogP contribution in [0.5, 0.6) is 0 Å². The fraction of sp³-hybridized carbons (Fsp3) is 0.611. The first-order valence-electron chi connectivity index (χ1n) is 8.06. The number of amidine groups is 1. The molecule has 1 aliphatic rings. The quantitative estimate of drug-likeness (QED) is 0.828. The molecule has 0 aliphatic carbocycles. The number of hydrogen-bond donors (Lipinski definition) is 1. The standard InChI is InChI=1S/C18H28ClN3S/c1-17(2,3)11-18(4,5)22-12-20-16(21-13-22)23-10-14-6-8-15(19)9-7-14/h6-9H,10-13H2,1-5H3,(H,20,21). The summed E-state index contributed by atoms with van der Waals surface area (Å²) in [7, 11) is 0. The van der Waals surface area contributed by atoms with Gasteiger partial charge in [0.1, 0.15) is 0 Å². The van der Waals surface area contributed by atoms with Crippen LogP contribution in [0.3, 0.4) is 0 Å². The molecule has 0 bridgehead atoms. The molecule has 0 atom stereocenters. The van der Waals surface area contributed by atoms with Gasteiger partial charge in [-0.2, -0.15) is 0 Å². The minimum Gasteiger partial charge on any atom is -0.352 e. The van der Waals surface area contributed by atoms with Crippen molar-refractivity contribution in [1.29, 1.82) is 0 Å². The molecule has 5 heteroatoms. The normalized spacial score (nSPS) is 16.9. The topological polar surface area (TPSA) is 27.6 Å². The highest BCUT2D eigenvalue weighted by atomic mass is 35.5. The number of benzene rings is 1. The molecule has 1 aromatic rings. The van der Waals surface area contributed by atoms with Crippen LogP contribution < -0.4 is 5.32 Å². The van der Waals surface area contributed by atoms with Crippen LogP contribution in [-0.2, 0) is 5.75 Å². The third-order valence-electron chi connectivity index (χ3n) is 3.91. The Bertz CT molecular complexity index is 546. The number of rotatable bonds is 4. The molecule has 0 amide bonds. The molecule has 3 nitrogen and oxygen atoms in total. The zero-order valence-electron chi connectivity index (χ0n) is 14.8. The van der Waals surface area contributed by atoms with E-state index in [1.807, 2.05) is 12.1 Å². The van der Waals surface area contributed by atoms with Crippen LogP contribution in [0.4, 0.5) is 0 Å². The molecule has 0 saturated heterocycles. The fourth-order valence-electron chi connectivity index (χ4n) is 3.06. The third-order valence-corrected chi connectivity index (χ3v) is 5.19. The molecule has 1 aliphatic heterocycles. The summed E-state index contributed by atoms with van der Waals surface area (Å²) in [4.78, 5) is 7.12. The summed E-state index contributed by atoms with van der Waals surface area (Å²) in [6.45, 7) is 13.1. The lowest BCUT2D eigenvalue weighted by Crippen LogP contribution is -2.53. The first-order valence-corrected chi connectivity index (χ1v) is 9.43. The number of nitrogens with zero attached hydrogens (tertiary/aromatic N) is 2. The van der Waals surface area contributed by atoms with Gasteiger partial charge in [-0.3, -0.25) is 4.90 Å². The zero-order valence-corrected chi connectivity index (χ0v) is 16.4. The van der Waals surface area contributed by atoms with Crippen LogP contribution in [0, 0.1) is 5.41 Å². The summed E-state index contributed by atoms with van der Waals surface area (Å²) >= 11 is 7.67. The Morgan fingerprint density at radius 1 is 1.17 bits per heavy atom. The third kappa shape index (κ3) is 6.02. The van der Waals surface area contributed by atoms with Crippen molar-refractivity contribution in [3.63, 3.8) is 0 Å². The molecule has 0 unspecified atom stereocenters. The summed E-state index contributed by atoms with van der Waals surface area (Å²) in [6, 6.07) is 8.00. The van der Waals surface area contributed by atoms with Crippen molar-refractivity contribution in [1.82, 2.24) is 10.2 Å². The summed E-state index contributed by atoms with van der Waals surface area (Å²) in [6.07, 6.45) is 1.14. The van der Waals surface area contributed by atoms with Crippen molar-refractivity contribution >= 4 is 28.5 Å². The van der Waals surface area contributed by atoms with Crippen LogP contribution in [0.25, 0.3) is 0 Å². The van der Waals surface area contributed by atoms with Crippen molar-refractivity contribution in [2.24, 2.45) is 10.4 Å². The molecule has 0 saturated carbocycles. The van der Waals surface area contributed by atoms with E-state index in [0.29, 0.717) is 5.41 Å². The van der Waals surface area contributed by atoms with E-state index < -0.39 is 0 Å². The monoisotopic (exact) mass is 353 g/mol.